The highest BCUT2D eigenvalue weighted by Crippen LogP contribution is 2.27. The van der Waals surface area contributed by atoms with Gasteiger partial charge in [-0.25, -0.2) is 9.38 Å². The molecule has 0 aromatic heterocycles. The van der Waals surface area contributed by atoms with Crippen LogP contribution in [-0.2, 0) is 4.79 Å². The molecule has 1 heterocycles. The van der Waals surface area contributed by atoms with Crippen LogP contribution in [0.25, 0.3) is 0 Å². The predicted molar refractivity (Wildman–Crippen MR) is 86.8 cm³/mol. The largest absolute Gasteiger partial charge is 0.496 e. The maximum absolute atomic E-state index is 14.3. The number of halogens is 1. The Kier molecular flexibility index (Phi) is 4.10. The van der Waals surface area contributed by atoms with Crippen molar-refractivity contribution in [2.45, 2.75) is 19.8 Å². The minimum absolute atomic E-state index is 0.172. The lowest BCUT2D eigenvalue weighted by atomic mass is 10.1. The van der Waals surface area contributed by atoms with Crippen molar-refractivity contribution in [1.82, 2.24) is 5.32 Å². The fourth-order valence-corrected chi connectivity index (χ4v) is 2.60. The zero-order valence-corrected chi connectivity index (χ0v) is 13.0. The summed E-state index contributed by atoms with van der Waals surface area (Å²) >= 11 is 0. The maximum Gasteiger partial charge on any atom is 0.230 e. The Morgan fingerprint density at radius 1 is 1.30 bits per heavy atom. The number of amidine groups is 1. The molecule has 1 aromatic rings. The number of amides is 1. The van der Waals surface area contributed by atoms with Crippen LogP contribution in [0.15, 0.2) is 58.3 Å². The molecule has 0 atom stereocenters. The average Bonchev–Trinajstić information content (AvgIpc) is 2.78. The van der Waals surface area contributed by atoms with Crippen molar-refractivity contribution in [3.05, 3.63) is 64.7 Å². The molecule has 2 aliphatic rings. The Balaban J connectivity index is 2.13. The molecule has 1 aliphatic heterocycles. The van der Waals surface area contributed by atoms with E-state index in [1.165, 1.54) is 13.2 Å². The number of allylic oxidation sites excluding steroid dienone is 4. The number of methoxy groups -OCH3 is 1. The number of ether oxygens (including phenoxy) is 1. The van der Waals surface area contributed by atoms with E-state index in [0.29, 0.717) is 12.2 Å². The fraction of sp³-hybridized carbons (Fsp3) is 0.222. The Bertz CT molecular complexity index is 788. The van der Waals surface area contributed by atoms with Crippen molar-refractivity contribution in [3.63, 3.8) is 0 Å². The first-order valence-corrected chi connectivity index (χ1v) is 7.36. The zero-order chi connectivity index (χ0) is 16.4. The van der Waals surface area contributed by atoms with Crippen molar-refractivity contribution in [2.75, 3.05) is 7.11 Å². The summed E-state index contributed by atoms with van der Waals surface area (Å²) in [7, 11) is 1.46. The Morgan fingerprint density at radius 2 is 2.13 bits per heavy atom. The molecule has 4 nitrogen and oxygen atoms in total. The van der Waals surface area contributed by atoms with Crippen LogP contribution in [0.5, 0.6) is 5.75 Å². The van der Waals surface area contributed by atoms with Gasteiger partial charge in [-0.15, -0.1) is 0 Å². The van der Waals surface area contributed by atoms with E-state index >= 15 is 0 Å². The summed E-state index contributed by atoms with van der Waals surface area (Å²) < 4.78 is 19.5. The SMILES string of the molecule is COc1cccc(F)c1C1=NC2=C(C=CC(C)=CC2)CC(=O)N1. The van der Waals surface area contributed by atoms with Gasteiger partial charge in [-0.05, 0) is 24.6 Å². The zero-order valence-electron chi connectivity index (χ0n) is 13.0. The predicted octanol–water partition coefficient (Wildman–Crippen LogP) is 3.26. The summed E-state index contributed by atoms with van der Waals surface area (Å²) in [5.74, 6) is -0.174. The number of aliphatic imine (C=N–C) groups is 1. The summed E-state index contributed by atoms with van der Waals surface area (Å²) in [6.45, 7) is 1.99. The summed E-state index contributed by atoms with van der Waals surface area (Å²) in [4.78, 5) is 16.7. The summed E-state index contributed by atoms with van der Waals surface area (Å²) in [6, 6.07) is 4.52. The van der Waals surface area contributed by atoms with E-state index < -0.39 is 5.82 Å². The lowest BCUT2D eigenvalue weighted by Gasteiger charge is -2.12. The van der Waals surface area contributed by atoms with E-state index in [-0.39, 0.29) is 23.7 Å². The third-order valence-electron chi connectivity index (χ3n) is 3.82. The number of hydrogen-bond acceptors (Lipinski definition) is 3. The molecule has 0 fully saturated rings. The topological polar surface area (TPSA) is 50.7 Å². The molecule has 3 rings (SSSR count). The average molecular weight is 312 g/mol. The summed E-state index contributed by atoms with van der Waals surface area (Å²) in [6.07, 6.45) is 6.72. The third-order valence-corrected chi connectivity index (χ3v) is 3.82. The molecular formula is C18H17FN2O2. The van der Waals surface area contributed by atoms with Gasteiger partial charge in [0.2, 0.25) is 5.91 Å². The first-order chi connectivity index (χ1) is 11.1. The van der Waals surface area contributed by atoms with Crippen molar-refractivity contribution < 1.29 is 13.9 Å². The van der Waals surface area contributed by atoms with Gasteiger partial charge in [0, 0.05) is 6.42 Å². The van der Waals surface area contributed by atoms with Crippen LogP contribution in [0.4, 0.5) is 4.39 Å². The van der Waals surface area contributed by atoms with Crippen LogP contribution in [-0.4, -0.2) is 18.9 Å². The number of nitrogens with one attached hydrogen (secondary N) is 1. The smallest absolute Gasteiger partial charge is 0.230 e. The molecule has 1 aromatic carbocycles. The molecule has 0 radical (unpaired) electrons. The van der Waals surface area contributed by atoms with Gasteiger partial charge in [0.05, 0.1) is 24.8 Å². The van der Waals surface area contributed by atoms with Gasteiger partial charge in [0.1, 0.15) is 17.4 Å². The molecule has 0 unspecified atom stereocenters. The molecule has 0 spiro atoms. The highest BCUT2D eigenvalue weighted by Gasteiger charge is 2.23. The molecule has 0 bridgehead atoms. The minimum Gasteiger partial charge on any atom is -0.496 e. The van der Waals surface area contributed by atoms with Crippen LogP contribution < -0.4 is 10.1 Å². The van der Waals surface area contributed by atoms with Crippen molar-refractivity contribution in [3.8, 4) is 5.75 Å². The molecule has 1 amide bonds. The van der Waals surface area contributed by atoms with Crippen LogP contribution in [0, 0.1) is 5.82 Å². The Labute approximate surface area is 134 Å². The molecular weight excluding hydrogens is 295 g/mol. The van der Waals surface area contributed by atoms with E-state index in [9.17, 15) is 9.18 Å². The summed E-state index contributed by atoms with van der Waals surface area (Å²) in [5, 5.41) is 2.69. The molecule has 0 saturated heterocycles. The van der Waals surface area contributed by atoms with Gasteiger partial charge in [0.15, 0.2) is 0 Å². The Hall–Kier alpha value is -2.69. The monoisotopic (exact) mass is 312 g/mol. The van der Waals surface area contributed by atoms with Gasteiger partial charge < -0.3 is 10.1 Å². The van der Waals surface area contributed by atoms with E-state index in [1.807, 2.05) is 25.2 Å². The van der Waals surface area contributed by atoms with Crippen LogP contribution >= 0.6 is 0 Å². The molecule has 1 aliphatic carbocycles. The van der Waals surface area contributed by atoms with E-state index in [1.54, 1.807) is 12.1 Å². The minimum atomic E-state index is -0.483. The highest BCUT2D eigenvalue weighted by molar-refractivity contribution is 6.11. The van der Waals surface area contributed by atoms with E-state index in [4.69, 9.17) is 4.74 Å². The number of carbonyl (C=O) groups is 1. The lowest BCUT2D eigenvalue weighted by Crippen LogP contribution is -2.31. The number of carbonyl (C=O) groups excluding carboxylic acids is 1. The van der Waals surface area contributed by atoms with Crippen molar-refractivity contribution >= 4 is 11.7 Å². The second-order valence-electron chi connectivity index (χ2n) is 5.46. The van der Waals surface area contributed by atoms with E-state index in [2.05, 4.69) is 10.3 Å². The van der Waals surface area contributed by atoms with Gasteiger partial charge in [0.25, 0.3) is 0 Å². The van der Waals surface area contributed by atoms with Gasteiger partial charge in [-0.3, -0.25) is 4.79 Å². The van der Waals surface area contributed by atoms with Crippen LogP contribution in [0.2, 0.25) is 0 Å². The Morgan fingerprint density at radius 3 is 2.91 bits per heavy atom. The third kappa shape index (κ3) is 3.08. The molecule has 0 saturated carbocycles. The van der Waals surface area contributed by atoms with Gasteiger partial charge in [-0.2, -0.15) is 0 Å². The lowest BCUT2D eigenvalue weighted by molar-refractivity contribution is -0.118. The molecule has 118 valence electrons. The number of rotatable bonds is 2. The number of benzene rings is 1. The molecule has 5 heteroatoms. The highest BCUT2D eigenvalue weighted by atomic mass is 19.1. The van der Waals surface area contributed by atoms with Crippen molar-refractivity contribution in [2.24, 2.45) is 4.99 Å². The first-order valence-electron chi connectivity index (χ1n) is 7.36. The normalized spacial score (nSPS) is 17.6. The standard InChI is InChI=1S/C18H17FN2O2/c1-11-6-8-12-10-16(22)21-18(20-14(12)9-7-11)17-13(19)4-3-5-15(17)23-2/h3-8H,9-10H2,1-2H3,(H,20,21,22). The van der Waals surface area contributed by atoms with Crippen molar-refractivity contribution in [1.29, 1.82) is 0 Å². The van der Waals surface area contributed by atoms with Gasteiger partial charge in [-0.1, -0.05) is 29.9 Å². The quantitative estimate of drug-likeness (QED) is 0.911. The molecule has 1 N–H and O–H groups in total. The molecule has 23 heavy (non-hydrogen) atoms. The maximum atomic E-state index is 14.3. The second kappa shape index (κ2) is 6.20. The fourth-order valence-electron chi connectivity index (χ4n) is 2.60. The van der Waals surface area contributed by atoms with Gasteiger partial charge >= 0.3 is 0 Å². The number of nitrogens with zero attached hydrogens (tertiary/aromatic N) is 1. The second-order valence-corrected chi connectivity index (χ2v) is 5.46. The van der Waals surface area contributed by atoms with E-state index in [0.717, 1.165) is 16.8 Å². The van der Waals surface area contributed by atoms with Crippen LogP contribution in [0.1, 0.15) is 25.3 Å². The summed E-state index contributed by atoms with van der Waals surface area (Å²) in [5.41, 5.74) is 2.89. The number of hydrogen-bond donors (Lipinski definition) is 1. The van der Waals surface area contributed by atoms with Crippen LogP contribution in [0.3, 0.4) is 0 Å². The first kappa shape index (κ1) is 15.2.